The summed E-state index contributed by atoms with van der Waals surface area (Å²) >= 11 is 8.75. The van der Waals surface area contributed by atoms with Crippen LogP contribution in [0.5, 0.6) is 17.2 Å². The average molecular weight is 529 g/mol. The zero-order valence-corrected chi connectivity index (χ0v) is 15.9. The fourth-order valence-corrected chi connectivity index (χ4v) is 3.47. The molecule has 0 radical (unpaired) electrons. The first-order valence-corrected chi connectivity index (χ1v) is 8.23. The van der Waals surface area contributed by atoms with Crippen molar-refractivity contribution in [3.05, 3.63) is 53.0 Å². The van der Waals surface area contributed by atoms with Crippen LogP contribution >= 0.6 is 54.5 Å². The number of nitro groups is 1. The van der Waals surface area contributed by atoms with Crippen molar-refractivity contribution in [1.29, 1.82) is 0 Å². The van der Waals surface area contributed by atoms with Gasteiger partial charge < -0.3 is 9.47 Å². The topological polar surface area (TPSA) is 61.6 Å². The molecule has 0 N–H and O–H groups in total. The van der Waals surface area contributed by atoms with Crippen LogP contribution in [0.25, 0.3) is 0 Å². The van der Waals surface area contributed by atoms with Gasteiger partial charge in [-0.1, -0.05) is 31.9 Å². The van der Waals surface area contributed by atoms with E-state index in [9.17, 15) is 10.1 Å². The lowest BCUT2D eigenvalue weighted by Gasteiger charge is -2.11. The predicted octanol–water partition coefficient (Wildman–Crippen LogP) is 5.53. The highest BCUT2D eigenvalue weighted by Crippen LogP contribution is 2.42. The molecule has 0 saturated carbocycles. The van der Waals surface area contributed by atoms with Gasteiger partial charge >= 0.3 is 5.69 Å². The number of halogens is 3. The summed E-state index contributed by atoms with van der Waals surface area (Å²) in [6.45, 7) is 0. The van der Waals surface area contributed by atoms with Crippen LogP contribution in [0.4, 0.5) is 5.69 Å². The molecule has 0 heterocycles. The maximum atomic E-state index is 11.3. The fourth-order valence-electron chi connectivity index (χ4n) is 1.64. The molecule has 0 unspecified atom stereocenters. The third kappa shape index (κ3) is 3.86. The highest BCUT2D eigenvalue weighted by atomic mass is 127. The van der Waals surface area contributed by atoms with Crippen molar-refractivity contribution in [3.8, 4) is 17.2 Å². The van der Waals surface area contributed by atoms with Gasteiger partial charge in [-0.15, -0.1) is 0 Å². The Kier molecular flexibility index (Phi) is 5.44. The second-order valence-corrected chi connectivity index (χ2v) is 6.88. The molecule has 2 aromatic rings. The van der Waals surface area contributed by atoms with Gasteiger partial charge in [0.15, 0.2) is 0 Å². The molecule has 0 bridgehead atoms. The van der Waals surface area contributed by atoms with Crippen LogP contribution in [0.15, 0.2) is 39.3 Å². The van der Waals surface area contributed by atoms with Crippen molar-refractivity contribution in [2.24, 2.45) is 0 Å². The van der Waals surface area contributed by atoms with Crippen molar-refractivity contribution in [3.63, 3.8) is 0 Å². The van der Waals surface area contributed by atoms with E-state index in [0.29, 0.717) is 10.2 Å². The number of hydrogen-bond acceptors (Lipinski definition) is 4. The lowest BCUT2D eigenvalue weighted by Crippen LogP contribution is -1.98. The van der Waals surface area contributed by atoms with E-state index in [4.69, 9.17) is 9.47 Å². The Labute approximate surface area is 151 Å². The molecule has 2 aromatic carbocycles. The van der Waals surface area contributed by atoms with Crippen LogP contribution in [0.2, 0.25) is 0 Å². The number of benzene rings is 2. The SMILES string of the molecule is COc1cc(Br)cc(Oc2ccc(Br)cc2I)c1[N+](=O)[O-]. The van der Waals surface area contributed by atoms with Gasteiger partial charge in [0.1, 0.15) is 5.75 Å². The summed E-state index contributed by atoms with van der Waals surface area (Å²) in [5.74, 6) is 0.782. The normalized spacial score (nSPS) is 10.3. The summed E-state index contributed by atoms with van der Waals surface area (Å²) < 4.78 is 13.1. The van der Waals surface area contributed by atoms with Gasteiger partial charge in [0.05, 0.1) is 15.6 Å². The smallest absolute Gasteiger partial charge is 0.353 e. The molecule has 0 atom stereocenters. The standard InChI is InChI=1S/C13H8Br2INO4/c1-20-11-5-8(15)6-12(13(11)17(18)19)21-10-3-2-7(14)4-9(10)16/h2-6H,1H3. The molecule has 0 aliphatic heterocycles. The Morgan fingerprint density at radius 2 is 1.76 bits per heavy atom. The number of ether oxygens (including phenoxy) is 2. The lowest BCUT2D eigenvalue weighted by atomic mass is 10.2. The Bertz CT molecular complexity index is 709. The molecular formula is C13H8Br2INO4. The predicted molar refractivity (Wildman–Crippen MR) is 94.3 cm³/mol. The monoisotopic (exact) mass is 527 g/mol. The van der Waals surface area contributed by atoms with Crippen molar-refractivity contribution >= 4 is 60.1 Å². The van der Waals surface area contributed by atoms with Crippen LogP contribution < -0.4 is 9.47 Å². The summed E-state index contributed by atoms with van der Waals surface area (Å²) in [6, 6.07) is 8.47. The van der Waals surface area contributed by atoms with Crippen LogP contribution in [0.3, 0.4) is 0 Å². The third-order valence-electron chi connectivity index (χ3n) is 2.52. The Balaban J connectivity index is 2.52. The van der Waals surface area contributed by atoms with E-state index in [-0.39, 0.29) is 17.2 Å². The van der Waals surface area contributed by atoms with Gasteiger partial charge in [-0.3, -0.25) is 10.1 Å². The van der Waals surface area contributed by atoms with Gasteiger partial charge in [0, 0.05) is 21.1 Å². The van der Waals surface area contributed by atoms with Gasteiger partial charge in [0.2, 0.25) is 11.5 Å². The first kappa shape index (κ1) is 16.5. The van der Waals surface area contributed by atoms with Crippen LogP contribution in [-0.4, -0.2) is 12.0 Å². The molecule has 8 heteroatoms. The van der Waals surface area contributed by atoms with Crippen LogP contribution in [0.1, 0.15) is 0 Å². The van der Waals surface area contributed by atoms with E-state index in [0.717, 1.165) is 8.04 Å². The first-order valence-electron chi connectivity index (χ1n) is 5.57. The fraction of sp³-hybridized carbons (Fsp3) is 0.0769. The molecule has 110 valence electrons. The van der Waals surface area contributed by atoms with E-state index in [2.05, 4.69) is 54.5 Å². The van der Waals surface area contributed by atoms with Gasteiger partial charge in [-0.05, 0) is 40.8 Å². The minimum absolute atomic E-state index is 0.117. The van der Waals surface area contributed by atoms with Gasteiger partial charge in [0.25, 0.3) is 0 Å². The minimum atomic E-state index is -0.521. The third-order valence-corrected chi connectivity index (χ3v) is 4.32. The number of rotatable bonds is 4. The summed E-state index contributed by atoms with van der Waals surface area (Å²) in [5, 5.41) is 11.3. The van der Waals surface area contributed by atoms with Crippen molar-refractivity contribution in [2.75, 3.05) is 7.11 Å². The number of nitro benzene ring substituents is 1. The van der Waals surface area contributed by atoms with Crippen LogP contribution in [-0.2, 0) is 0 Å². The Hall–Kier alpha value is -0.870. The zero-order valence-electron chi connectivity index (χ0n) is 10.6. The van der Waals surface area contributed by atoms with Crippen LogP contribution in [0, 0.1) is 13.7 Å². The molecular weight excluding hydrogens is 521 g/mol. The summed E-state index contributed by atoms with van der Waals surface area (Å²) in [4.78, 5) is 10.7. The second-order valence-electron chi connectivity index (χ2n) is 3.89. The molecule has 0 spiro atoms. The molecule has 2 rings (SSSR count). The number of nitrogens with zero attached hydrogens (tertiary/aromatic N) is 1. The van der Waals surface area contributed by atoms with Crippen molar-refractivity contribution in [2.45, 2.75) is 0 Å². The molecule has 0 amide bonds. The molecule has 0 aliphatic rings. The van der Waals surface area contributed by atoms with E-state index in [1.165, 1.54) is 13.2 Å². The van der Waals surface area contributed by atoms with E-state index in [1.54, 1.807) is 18.2 Å². The zero-order chi connectivity index (χ0) is 15.6. The van der Waals surface area contributed by atoms with Crippen molar-refractivity contribution < 1.29 is 14.4 Å². The summed E-state index contributed by atoms with van der Waals surface area (Å²) in [6.07, 6.45) is 0. The highest BCUT2D eigenvalue weighted by Gasteiger charge is 2.24. The molecule has 0 saturated heterocycles. The van der Waals surface area contributed by atoms with Gasteiger partial charge in [-0.25, -0.2) is 0 Å². The lowest BCUT2D eigenvalue weighted by molar-refractivity contribution is -0.386. The molecule has 0 aliphatic carbocycles. The van der Waals surface area contributed by atoms with E-state index >= 15 is 0 Å². The second kappa shape index (κ2) is 6.93. The maximum Gasteiger partial charge on any atom is 0.353 e. The Morgan fingerprint density at radius 1 is 1.10 bits per heavy atom. The molecule has 0 aromatic heterocycles. The molecule has 0 fully saturated rings. The number of hydrogen-bond donors (Lipinski definition) is 0. The number of methoxy groups -OCH3 is 1. The quantitative estimate of drug-likeness (QED) is 0.298. The van der Waals surface area contributed by atoms with Crippen molar-refractivity contribution in [1.82, 2.24) is 0 Å². The van der Waals surface area contributed by atoms with E-state index < -0.39 is 4.92 Å². The van der Waals surface area contributed by atoms with E-state index in [1.807, 2.05) is 6.07 Å². The largest absolute Gasteiger partial charge is 0.490 e. The summed E-state index contributed by atoms with van der Waals surface area (Å²) in [7, 11) is 1.38. The maximum absolute atomic E-state index is 11.3. The average Bonchev–Trinajstić information content (AvgIpc) is 2.40. The van der Waals surface area contributed by atoms with Gasteiger partial charge in [-0.2, -0.15) is 0 Å². The highest BCUT2D eigenvalue weighted by molar-refractivity contribution is 14.1. The molecule has 21 heavy (non-hydrogen) atoms. The minimum Gasteiger partial charge on any atom is -0.490 e. The molecule has 5 nitrogen and oxygen atoms in total. The summed E-state index contributed by atoms with van der Waals surface area (Å²) in [5.41, 5.74) is -0.209. The Morgan fingerprint density at radius 3 is 2.33 bits per heavy atom. The first-order chi connectivity index (χ1) is 9.92.